The average Bonchev–Trinajstić information content (AvgIpc) is 3.04. The van der Waals surface area contributed by atoms with Crippen molar-refractivity contribution in [1.82, 2.24) is 15.5 Å². The highest BCUT2D eigenvalue weighted by atomic mass is 16.2. The molecule has 1 aliphatic rings. The van der Waals surface area contributed by atoms with Crippen LogP contribution in [0.25, 0.3) is 0 Å². The fourth-order valence-corrected chi connectivity index (χ4v) is 3.14. The topological polar surface area (TPSA) is 56.7 Å². The molecule has 1 atom stereocenters. The number of nitrogens with one attached hydrogen (secondary N) is 2. The van der Waals surface area contributed by atoms with Gasteiger partial charge in [0, 0.05) is 38.1 Å². The Morgan fingerprint density at radius 3 is 2.80 bits per heavy atom. The summed E-state index contributed by atoms with van der Waals surface area (Å²) < 4.78 is 0. The number of aryl methyl sites for hydroxylation is 1. The predicted molar refractivity (Wildman–Crippen MR) is 104 cm³/mol. The lowest BCUT2D eigenvalue weighted by Gasteiger charge is -2.20. The molecular formula is C20H32N4O. The molecule has 138 valence electrons. The maximum atomic E-state index is 12.1. The molecule has 1 aromatic rings. The number of likely N-dealkylation sites (tertiary alicyclic amines) is 1. The highest BCUT2D eigenvalue weighted by molar-refractivity contribution is 5.81. The van der Waals surface area contributed by atoms with E-state index in [0.29, 0.717) is 0 Å². The van der Waals surface area contributed by atoms with Crippen LogP contribution in [-0.2, 0) is 11.2 Å². The lowest BCUT2D eigenvalue weighted by molar-refractivity contribution is -0.133. The number of nitrogens with zero attached hydrogens (tertiary/aromatic N) is 2. The average molecular weight is 345 g/mol. The van der Waals surface area contributed by atoms with Gasteiger partial charge >= 0.3 is 0 Å². The number of hydrogen-bond acceptors (Lipinski definition) is 2. The second kappa shape index (κ2) is 9.44. The van der Waals surface area contributed by atoms with E-state index in [1.807, 2.05) is 18.7 Å². The summed E-state index contributed by atoms with van der Waals surface area (Å²) in [6.45, 7) is 11.3. The van der Waals surface area contributed by atoms with Crippen LogP contribution in [0.4, 0.5) is 0 Å². The van der Waals surface area contributed by atoms with Crippen LogP contribution in [0.3, 0.4) is 0 Å². The number of carbonyl (C=O) groups excluding carboxylic acids is 1. The van der Waals surface area contributed by atoms with Crippen LogP contribution in [0.1, 0.15) is 38.3 Å². The molecular weight excluding hydrogens is 312 g/mol. The van der Waals surface area contributed by atoms with Gasteiger partial charge in [0.15, 0.2) is 5.96 Å². The number of rotatable bonds is 6. The number of guanidine groups is 1. The molecule has 2 N–H and O–H groups in total. The first-order chi connectivity index (χ1) is 12.0. The maximum Gasteiger partial charge on any atom is 0.225 e. The largest absolute Gasteiger partial charge is 0.357 e. The van der Waals surface area contributed by atoms with Gasteiger partial charge < -0.3 is 15.5 Å². The van der Waals surface area contributed by atoms with E-state index in [-0.39, 0.29) is 17.9 Å². The number of hydrogen-bond donors (Lipinski definition) is 2. The minimum absolute atomic E-state index is 0.0646. The number of carbonyl (C=O) groups is 1. The van der Waals surface area contributed by atoms with E-state index < -0.39 is 0 Å². The Balaban J connectivity index is 1.88. The Labute approximate surface area is 151 Å². The number of aliphatic imine (C=N–C) groups is 1. The lowest BCUT2D eigenvalue weighted by atomic mass is 10.1. The first-order valence-electron chi connectivity index (χ1n) is 9.39. The summed E-state index contributed by atoms with van der Waals surface area (Å²) in [4.78, 5) is 18.8. The van der Waals surface area contributed by atoms with Crippen LogP contribution in [0.2, 0.25) is 0 Å². The van der Waals surface area contributed by atoms with Gasteiger partial charge in [0.2, 0.25) is 5.91 Å². The summed E-state index contributed by atoms with van der Waals surface area (Å²) in [7, 11) is 0. The van der Waals surface area contributed by atoms with Gasteiger partial charge in [-0.1, -0.05) is 38.1 Å². The molecule has 1 amide bonds. The van der Waals surface area contributed by atoms with Crippen LogP contribution < -0.4 is 10.6 Å². The molecule has 5 heteroatoms. The van der Waals surface area contributed by atoms with Crippen molar-refractivity contribution in [1.29, 1.82) is 0 Å². The molecule has 25 heavy (non-hydrogen) atoms. The minimum Gasteiger partial charge on any atom is -0.357 e. The molecule has 5 nitrogen and oxygen atoms in total. The van der Waals surface area contributed by atoms with Crippen molar-refractivity contribution in [2.45, 2.75) is 46.6 Å². The van der Waals surface area contributed by atoms with Crippen LogP contribution in [0.5, 0.6) is 0 Å². The van der Waals surface area contributed by atoms with Crippen LogP contribution in [0.15, 0.2) is 29.3 Å². The Kier molecular flexibility index (Phi) is 7.29. The normalized spacial score (nSPS) is 17.9. The van der Waals surface area contributed by atoms with Gasteiger partial charge in [-0.3, -0.25) is 9.79 Å². The van der Waals surface area contributed by atoms with E-state index in [0.717, 1.165) is 45.0 Å². The second-order valence-corrected chi connectivity index (χ2v) is 7.01. The third kappa shape index (κ3) is 5.76. The molecule has 1 heterocycles. The summed E-state index contributed by atoms with van der Waals surface area (Å²) in [6, 6.07) is 8.73. The van der Waals surface area contributed by atoms with Gasteiger partial charge in [-0.25, -0.2) is 0 Å². The van der Waals surface area contributed by atoms with Crippen molar-refractivity contribution in [3.8, 4) is 0 Å². The smallest absolute Gasteiger partial charge is 0.225 e. The third-order valence-electron chi connectivity index (χ3n) is 4.59. The molecule has 0 spiro atoms. The van der Waals surface area contributed by atoms with Crippen molar-refractivity contribution in [3.05, 3.63) is 35.4 Å². The third-order valence-corrected chi connectivity index (χ3v) is 4.59. The first kappa shape index (κ1) is 19.3. The number of amides is 1. The summed E-state index contributed by atoms with van der Waals surface area (Å²) in [5.41, 5.74) is 2.66. The van der Waals surface area contributed by atoms with Gasteiger partial charge in [-0.05, 0) is 37.8 Å². The zero-order valence-electron chi connectivity index (χ0n) is 16.0. The molecule has 1 unspecified atom stereocenters. The Morgan fingerprint density at radius 1 is 1.36 bits per heavy atom. The van der Waals surface area contributed by atoms with Gasteiger partial charge in [0.05, 0.1) is 0 Å². The minimum atomic E-state index is 0.0646. The second-order valence-electron chi connectivity index (χ2n) is 7.01. The fourth-order valence-electron chi connectivity index (χ4n) is 3.14. The Morgan fingerprint density at radius 2 is 2.12 bits per heavy atom. The highest BCUT2D eigenvalue weighted by Gasteiger charge is 2.27. The fraction of sp³-hybridized carbons (Fsp3) is 0.600. The van der Waals surface area contributed by atoms with E-state index in [1.165, 1.54) is 11.1 Å². The van der Waals surface area contributed by atoms with E-state index in [1.54, 1.807) is 0 Å². The van der Waals surface area contributed by atoms with Crippen molar-refractivity contribution < 1.29 is 4.79 Å². The molecule has 0 aromatic heterocycles. The van der Waals surface area contributed by atoms with Crippen LogP contribution in [0, 0.1) is 12.8 Å². The summed E-state index contributed by atoms with van der Waals surface area (Å²) in [5.74, 6) is 1.15. The van der Waals surface area contributed by atoms with Gasteiger partial charge in [0.25, 0.3) is 0 Å². The van der Waals surface area contributed by atoms with E-state index in [9.17, 15) is 4.79 Å². The molecule has 0 bridgehead atoms. The van der Waals surface area contributed by atoms with Gasteiger partial charge in [-0.2, -0.15) is 0 Å². The highest BCUT2D eigenvalue weighted by Crippen LogP contribution is 2.13. The molecule has 0 saturated carbocycles. The molecule has 0 radical (unpaired) electrons. The van der Waals surface area contributed by atoms with Gasteiger partial charge in [-0.15, -0.1) is 0 Å². The Hall–Kier alpha value is -2.04. The predicted octanol–water partition coefficient (Wildman–Crippen LogP) is 2.35. The van der Waals surface area contributed by atoms with E-state index >= 15 is 0 Å². The van der Waals surface area contributed by atoms with Crippen molar-refractivity contribution >= 4 is 11.9 Å². The SMILES string of the molecule is CCNC(=NCCc1ccccc1C)NC1CCN(C(=O)C(C)C)C1. The molecule has 1 aromatic carbocycles. The summed E-state index contributed by atoms with van der Waals surface area (Å²) in [5, 5.41) is 6.80. The van der Waals surface area contributed by atoms with Crippen LogP contribution >= 0.6 is 0 Å². The zero-order chi connectivity index (χ0) is 18.2. The van der Waals surface area contributed by atoms with E-state index in [2.05, 4.69) is 48.7 Å². The number of benzene rings is 1. The van der Waals surface area contributed by atoms with Crippen molar-refractivity contribution in [2.24, 2.45) is 10.9 Å². The van der Waals surface area contributed by atoms with Crippen molar-refractivity contribution in [2.75, 3.05) is 26.2 Å². The van der Waals surface area contributed by atoms with Crippen LogP contribution in [-0.4, -0.2) is 49.0 Å². The quantitative estimate of drug-likeness (QED) is 0.615. The molecule has 2 rings (SSSR count). The zero-order valence-corrected chi connectivity index (χ0v) is 16.0. The maximum absolute atomic E-state index is 12.1. The first-order valence-corrected chi connectivity index (χ1v) is 9.39. The standard InChI is InChI=1S/C20H32N4O/c1-5-21-20(22-12-10-17-9-7-6-8-16(17)4)23-18-11-13-24(14-18)19(25)15(2)3/h6-9,15,18H,5,10-14H2,1-4H3,(H2,21,22,23). The molecule has 1 saturated heterocycles. The summed E-state index contributed by atoms with van der Waals surface area (Å²) >= 11 is 0. The van der Waals surface area contributed by atoms with E-state index in [4.69, 9.17) is 4.99 Å². The summed E-state index contributed by atoms with van der Waals surface area (Å²) in [6.07, 6.45) is 1.91. The lowest BCUT2D eigenvalue weighted by Crippen LogP contribution is -2.45. The van der Waals surface area contributed by atoms with Crippen molar-refractivity contribution in [3.63, 3.8) is 0 Å². The molecule has 1 fully saturated rings. The molecule has 1 aliphatic heterocycles. The monoisotopic (exact) mass is 344 g/mol. The Bertz CT molecular complexity index is 597. The van der Waals surface area contributed by atoms with Gasteiger partial charge in [0.1, 0.15) is 0 Å². The molecule has 0 aliphatic carbocycles.